The second-order valence-corrected chi connectivity index (χ2v) is 11.5. The molecule has 0 N–H and O–H groups in total. The Bertz CT molecular complexity index is 1700. The van der Waals surface area contributed by atoms with Crippen LogP contribution in [0.15, 0.2) is 107 Å². The Morgan fingerprint density at radius 1 is 0.846 bits per heavy atom. The van der Waals surface area contributed by atoms with E-state index in [4.69, 9.17) is 5.10 Å². The molecule has 196 valence electrons. The highest BCUT2D eigenvalue weighted by Gasteiger charge is 2.30. The summed E-state index contributed by atoms with van der Waals surface area (Å²) < 4.78 is 29.8. The summed E-state index contributed by atoms with van der Waals surface area (Å²) in [5.74, 6) is -0.234. The van der Waals surface area contributed by atoms with E-state index in [1.165, 1.54) is 9.31 Å². The lowest BCUT2D eigenvalue weighted by molar-refractivity contribution is -0.114. The Morgan fingerprint density at radius 3 is 2.21 bits per heavy atom. The van der Waals surface area contributed by atoms with E-state index in [1.807, 2.05) is 72.9 Å². The fourth-order valence-corrected chi connectivity index (χ4v) is 6.46. The molecule has 1 fully saturated rings. The van der Waals surface area contributed by atoms with Gasteiger partial charge < -0.3 is 0 Å². The maximum atomic E-state index is 13.4. The van der Waals surface area contributed by atoms with Crippen LogP contribution in [0.1, 0.15) is 25.3 Å². The van der Waals surface area contributed by atoms with Gasteiger partial charge >= 0.3 is 0 Å². The molecule has 0 spiro atoms. The Morgan fingerprint density at radius 2 is 1.51 bits per heavy atom. The van der Waals surface area contributed by atoms with Gasteiger partial charge in [-0.25, -0.2) is 13.1 Å². The molecule has 0 atom stereocenters. The second kappa shape index (κ2) is 10.1. The molecule has 0 unspecified atom stereocenters. The van der Waals surface area contributed by atoms with Crippen molar-refractivity contribution in [1.82, 2.24) is 14.1 Å². The van der Waals surface area contributed by atoms with Crippen molar-refractivity contribution >= 4 is 33.4 Å². The summed E-state index contributed by atoms with van der Waals surface area (Å²) >= 11 is 0. The van der Waals surface area contributed by atoms with Gasteiger partial charge in [0, 0.05) is 30.4 Å². The molecule has 0 bridgehead atoms. The molecule has 2 aliphatic heterocycles. The highest BCUT2D eigenvalue weighted by Crippen LogP contribution is 2.31. The number of carbonyl (C=O) groups excluding carboxylic acids is 1. The Hall–Kier alpha value is -4.34. The van der Waals surface area contributed by atoms with Crippen LogP contribution in [0, 0.1) is 0 Å². The lowest BCUT2D eigenvalue weighted by Gasteiger charge is -2.16. The quantitative estimate of drug-likeness (QED) is 0.319. The summed E-state index contributed by atoms with van der Waals surface area (Å²) in [5, 5.41) is 10.7. The Balaban J connectivity index is 1.45. The van der Waals surface area contributed by atoms with Crippen LogP contribution < -0.4 is 5.01 Å². The van der Waals surface area contributed by atoms with Gasteiger partial charge in [0.1, 0.15) is 5.69 Å². The smallest absolute Gasteiger partial charge is 0.267 e. The van der Waals surface area contributed by atoms with Crippen molar-refractivity contribution in [2.45, 2.75) is 24.7 Å². The zero-order valence-corrected chi connectivity index (χ0v) is 22.3. The minimum absolute atomic E-state index is 0.234. The number of hydrogen-bond acceptors (Lipinski definition) is 5. The number of amides is 1. The monoisotopic (exact) mass is 537 g/mol. The van der Waals surface area contributed by atoms with Crippen LogP contribution in [0.5, 0.6) is 0 Å². The van der Waals surface area contributed by atoms with E-state index >= 15 is 0 Å². The number of benzene rings is 3. The largest absolute Gasteiger partial charge is 0.280 e. The fraction of sp³-hybridized carbons (Fsp3) is 0.167. The maximum Gasteiger partial charge on any atom is 0.280 e. The van der Waals surface area contributed by atoms with E-state index in [1.54, 1.807) is 35.9 Å². The first kappa shape index (κ1) is 25.0. The first-order valence-electron chi connectivity index (χ1n) is 12.8. The van der Waals surface area contributed by atoms with E-state index in [-0.39, 0.29) is 10.8 Å². The molecule has 39 heavy (non-hydrogen) atoms. The van der Waals surface area contributed by atoms with Gasteiger partial charge in [0.05, 0.1) is 27.6 Å². The van der Waals surface area contributed by atoms with Crippen LogP contribution in [-0.2, 0) is 14.8 Å². The van der Waals surface area contributed by atoms with E-state index in [0.29, 0.717) is 46.9 Å². The third kappa shape index (κ3) is 4.71. The third-order valence-electron chi connectivity index (χ3n) is 6.94. The molecule has 3 aromatic carbocycles. The van der Waals surface area contributed by atoms with Crippen LogP contribution >= 0.6 is 0 Å². The van der Waals surface area contributed by atoms with Crippen molar-refractivity contribution in [2.24, 2.45) is 5.10 Å². The first-order chi connectivity index (χ1) is 18.9. The van der Waals surface area contributed by atoms with Gasteiger partial charge in [0.15, 0.2) is 0 Å². The van der Waals surface area contributed by atoms with Gasteiger partial charge in [-0.3, -0.25) is 4.79 Å². The van der Waals surface area contributed by atoms with Crippen LogP contribution in [0.2, 0.25) is 0 Å². The third-order valence-corrected chi connectivity index (χ3v) is 8.83. The molecule has 0 radical (unpaired) electrons. The summed E-state index contributed by atoms with van der Waals surface area (Å²) in [6.07, 6.45) is 5.37. The second-order valence-electron chi connectivity index (χ2n) is 9.55. The summed E-state index contributed by atoms with van der Waals surface area (Å²) in [6.45, 7) is 2.87. The Labute approximate surface area is 227 Å². The van der Waals surface area contributed by atoms with Crippen LogP contribution in [0.3, 0.4) is 0 Å². The van der Waals surface area contributed by atoms with Gasteiger partial charge in [-0.15, -0.1) is 0 Å². The van der Waals surface area contributed by atoms with Gasteiger partial charge in [0.2, 0.25) is 10.0 Å². The van der Waals surface area contributed by atoms with Crippen LogP contribution in [-0.4, -0.2) is 47.2 Å². The van der Waals surface area contributed by atoms with Crippen molar-refractivity contribution in [3.8, 4) is 16.9 Å². The molecule has 4 aromatic rings. The minimum Gasteiger partial charge on any atom is -0.267 e. The zero-order chi connectivity index (χ0) is 27.0. The van der Waals surface area contributed by atoms with Crippen molar-refractivity contribution in [3.05, 3.63) is 102 Å². The normalized spacial score (nSPS) is 17.3. The number of para-hydroxylation sites is 2. The average Bonchev–Trinajstić information content (AvgIpc) is 3.72. The number of hydrogen-bond donors (Lipinski definition) is 0. The van der Waals surface area contributed by atoms with Gasteiger partial charge in [0.25, 0.3) is 5.91 Å². The highest BCUT2D eigenvalue weighted by molar-refractivity contribution is 7.89. The van der Waals surface area contributed by atoms with E-state index in [0.717, 1.165) is 18.5 Å². The number of rotatable bonds is 6. The minimum atomic E-state index is -3.60. The van der Waals surface area contributed by atoms with Crippen molar-refractivity contribution in [3.63, 3.8) is 0 Å². The maximum absolute atomic E-state index is 13.4. The Kier molecular flexibility index (Phi) is 6.46. The summed E-state index contributed by atoms with van der Waals surface area (Å²) in [6, 6.07) is 25.8. The van der Waals surface area contributed by atoms with Crippen molar-refractivity contribution < 1.29 is 13.2 Å². The molecule has 1 aromatic heterocycles. The summed E-state index contributed by atoms with van der Waals surface area (Å²) in [4.78, 5) is 13.6. The van der Waals surface area contributed by atoms with Crippen molar-refractivity contribution in [2.75, 3.05) is 18.1 Å². The molecule has 8 nitrogen and oxygen atoms in total. The summed E-state index contributed by atoms with van der Waals surface area (Å²) in [5.41, 5.74) is 4.48. The molecule has 1 amide bonds. The van der Waals surface area contributed by atoms with E-state index in [9.17, 15) is 13.2 Å². The topological polar surface area (TPSA) is 87.9 Å². The molecule has 0 saturated carbocycles. The van der Waals surface area contributed by atoms with Gasteiger partial charge in [-0.2, -0.15) is 19.5 Å². The predicted molar refractivity (Wildman–Crippen MR) is 152 cm³/mol. The molecule has 1 saturated heterocycles. The van der Waals surface area contributed by atoms with Crippen LogP contribution in [0.25, 0.3) is 23.0 Å². The van der Waals surface area contributed by atoms with E-state index < -0.39 is 10.0 Å². The SMILES string of the molecule is CC1=NN(c2ccccc2)C(=O)C1=Cc1cn(-c2ccccc2)nc1-c1cccc(S(=O)(=O)N2CCCC2)c1. The molecular formula is C30H27N5O3S. The molecule has 9 heteroatoms. The average molecular weight is 538 g/mol. The number of aromatic nitrogens is 2. The number of nitrogens with zero attached hydrogens (tertiary/aromatic N) is 5. The van der Waals surface area contributed by atoms with E-state index in [2.05, 4.69) is 5.10 Å². The lowest BCUT2D eigenvalue weighted by atomic mass is 10.0. The molecular weight excluding hydrogens is 510 g/mol. The standard InChI is InChI=1S/C30H27N5O3S/c1-22-28(30(36)35(31-22)26-14-6-3-7-15-26)20-24-21-34(25-12-4-2-5-13-25)32-29(24)23-11-10-16-27(19-23)39(37,38)33-17-8-9-18-33/h2-7,10-16,19-21H,8-9,17-18H2,1H3. The predicted octanol–water partition coefficient (Wildman–Crippen LogP) is 5.13. The van der Waals surface area contributed by atoms with Gasteiger partial charge in [-0.05, 0) is 62.2 Å². The van der Waals surface area contributed by atoms with Crippen molar-refractivity contribution in [1.29, 1.82) is 0 Å². The first-order valence-corrected chi connectivity index (χ1v) is 14.3. The van der Waals surface area contributed by atoms with Gasteiger partial charge in [-0.1, -0.05) is 48.5 Å². The molecule has 3 heterocycles. The molecule has 0 aliphatic carbocycles. The zero-order valence-electron chi connectivity index (χ0n) is 21.4. The lowest BCUT2D eigenvalue weighted by Crippen LogP contribution is -2.27. The fourth-order valence-electron chi connectivity index (χ4n) is 4.90. The number of carbonyl (C=O) groups is 1. The molecule has 6 rings (SSSR count). The molecule has 2 aliphatic rings. The summed E-state index contributed by atoms with van der Waals surface area (Å²) in [7, 11) is -3.60. The number of sulfonamides is 1. The number of hydrazone groups is 1. The highest BCUT2D eigenvalue weighted by atomic mass is 32.2. The number of anilines is 1. The van der Waals surface area contributed by atoms with Crippen LogP contribution in [0.4, 0.5) is 5.69 Å².